The number of hydrogen-bond acceptors (Lipinski definition) is 2. The number of nitrogens with two attached hydrogens (primary N) is 1. The van der Waals surface area contributed by atoms with E-state index >= 15 is 0 Å². The summed E-state index contributed by atoms with van der Waals surface area (Å²) in [4.78, 5) is 9.92. The van der Waals surface area contributed by atoms with Crippen LogP contribution in [0.1, 0.15) is 27.2 Å². The third-order valence-electron chi connectivity index (χ3n) is 0.727. The first-order chi connectivity index (χ1) is 4.56. The highest BCUT2D eigenvalue weighted by molar-refractivity contribution is 5.75. The summed E-state index contributed by atoms with van der Waals surface area (Å²) in [6, 6.07) is 1.93. The number of primary amides is 1. The van der Waals surface area contributed by atoms with Gasteiger partial charge in [-0.05, 0) is 0 Å². The molecule has 0 aliphatic heterocycles. The van der Waals surface area contributed by atoms with Crippen molar-refractivity contribution in [2.45, 2.75) is 27.2 Å². The van der Waals surface area contributed by atoms with Crippen LogP contribution in [-0.2, 0) is 4.79 Å². The third-order valence-corrected chi connectivity index (χ3v) is 0.727. The van der Waals surface area contributed by atoms with Crippen molar-refractivity contribution >= 4 is 5.91 Å². The Kier molecular flexibility index (Phi) is 9.33. The second-order valence-electron chi connectivity index (χ2n) is 2.07. The van der Waals surface area contributed by atoms with Gasteiger partial charge in [-0.15, -0.1) is 0 Å². The molecule has 3 heteroatoms. The molecule has 0 aliphatic rings. The fourth-order valence-electron chi connectivity index (χ4n) is 0. The Morgan fingerprint density at radius 3 is 1.90 bits per heavy atom. The van der Waals surface area contributed by atoms with E-state index in [1.165, 1.54) is 0 Å². The summed E-state index contributed by atoms with van der Waals surface area (Å²) in [5.41, 5.74) is 4.80. The number of nitrogens with zero attached hydrogens (tertiary/aromatic N) is 1. The highest BCUT2D eigenvalue weighted by Gasteiger charge is 1.96. The van der Waals surface area contributed by atoms with Gasteiger partial charge in [0.2, 0.25) is 5.91 Å². The lowest BCUT2D eigenvalue weighted by atomic mass is 10.2. The van der Waals surface area contributed by atoms with E-state index in [-0.39, 0.29) is 11.8 Å². The molecule has 0 aliphatic carbocycles. The van der Waals surface area contributed by atoms with Crippen LogP contribution in [0.25, 0.3) is 0 Å². The Labute approximate surface area is 61.8 Å². The van der Waals surface area contributed by atoms with Crippen LogP contribution >= 0.6 is 0 Å². The van der Waals surface area contributed by atoms with Crippen LogP contribution in [0.5, 0.6) is 0 Å². The zero-order valence-electron chi connectivity index (χ0n) is 6.72. The van der Waals surface area contributed by atoms with Gasteiger partial charge in [-0.3, -0.25) is 4.79 Å². The molecule has 0 saturated carbocycles. The molecule has 0 aromatic rings. The second-order valence-corrected chi connectivity index (χ2v) is 2.07. The van der Waals surface area contributed by atoms with Gasteiger partial charge in [-0.1, -0.05) is 20.8 Å². The topological polar surface area (TPSA) is 66.9 Å². The molecule has 0 unspecified atom stereocenters. The fraction of sp³-hybridized carbons (Fsp3) is 0.714. The zero-order valence-corrected chi connectivity index (χ0v) is 6.72. The van der Waals surface area contributed by atoms with Crippen molar-refractivity contribution in [2.24, 2.45) is 11.7 Å². The Bertz CT molecular complexity index is 124. The van der Waals surface area contributed by atoms with Gasteiger partial charge in [-0.2, -0.15) is 5.26 Å². The summed E-state index contributed by atoms with van der Waals surface area (Å²) in [7, 11) is 0. The zero-order chi connectivity index (χ0) is 8.57. The highest BCUT2D eigenvalue weighted by atomic mass is 16.1. The molecule has 2 N–H and O–H groups in total. The van der Waals surface area contributed by atoms with Gasteiger partial charge in [0.15, 0.2) is 0 Å². The maximum atomic E-state index is 9.92. The van der Waals surface area contributed by atoms with E-state index < -0.39 is 0 Å². The van der Waals surface area contributed by atoms with E-state index in [1.807, 2.05) is 13.0 Å². The summed E-state index contributed by atoms with van der Waals surface area (Å²) in [5, 5.41) is 7.62. The number of rotatable bonds is 1. The molecule has 0 atom stereocenters. The molecule has 10 heavy (non-hydrogen) atoms. The summed E-state index contributed by atoms with van der Waals surface area (Å²) in [6.45, 7) is 5.35. The molecule has 0 radical (unpaired) electrons. The number of hydrogen-bond donors (Lipinski definition) is 1. The van der Waals surface area contributed by atoms with Crippen LogP contribution < -0.4 is 5.73 Å². The van der Waals surface area contributed by atoms with Crippen LogP contribution in [0.4, 0.5) is 0 Å². The largest absolute Gasteiger partial charge is 0.369 e. The molecular weight excluding hydrogens is 128 g/mol. The lowest BCUT2D eigenvalue weighted by Gasteiger charge is -1.90. The first-order valence-corrected chi connectivity index (χ1v) is 3.22. The van der Waals surface area contributed by atoms with Crippen LogP contribution in [0.15, 0.2) is 0 Å². The SMILES string of the molecule is CC(C)C(N)=O.CCC#N. The van der Waals surface area contributed by atoms with E-state index in [1.54, 1.807) is 13.8 Å². The molecule has 0 rings (SSSR count). The van der Waals surface area contributed by atoms with Crippen molar-refractivity contribution in [3.05, 3.63) is 0 Å². The van der Waals surface area contributed by atoms with Gasteiger partial charge in [0, 0.05) is 12.3 Å². The number of amides is 1. The lowest BCUT2D eigenvalue weighted by Crippen LogP contribution is -2.17. The van der Waals surface area contributed by atoms with Crippen LogP contribution in [0, 0.1) is 17.2 Å². The summed E-state index contributed by atoms with van der Waals surface area (Å²) < 4.78 is 0. The molecule has 0 fully saturated rings. The Balaban J connectivity index is 0. The first-order valence-electron chi connectivity index (χ1n) is 3.22. The molecule has 1 amide bonds. The van der Waals surface area contributed by atoms with E-state index in [9.17, 15) is 4.79 Å². The highest BCUT2D eigenvalue weighted by Crippen LogP contribution is 1.84. The predicted molar refractivity (Wildman–Crippen MR) is 39.9 cm³/mol. The number of carbonyl (C=O) groups is 1. The van der Waals surface area contributed by atoms with Crippen LogP contribution in [0.2, 0.25) is 0 Å². The van der Waals surface area contributed by atoms with Gasteiger partial charge in [-0.25, -0.2) is 0 Å². The maximum absolute atomic E-state index is 9.92. The summed E-state index contributed by atoms with van der Waals surface area (Å²) in [6.07, 6.45) is 0.625. The van der Waals surface area contributed by atoms with E-state index in [0.29, 0.717) is 6.42 Å². The van der Waals surface area contributed by atoms with Gasteiger partial charge in [0.1, 0.15) is 0 Å². The number of carbonyl (C=O) groups excluding carboxylic acids is 1. The molecule has 0 spiro atoms. The molecule has 0 aromatic heterocycles. The van der Waals surface area contributed by atoms with Crippen molar-refractivity contribution < 1.29 is 4.79 Å². The van der Waals surface area contributed by atoms with Crippen molar-refractivity contribution in [2.75, 3.05) is 0 Å². The molecule has 3 nitrogen and oxygen atoms in total. The fourth-order valence-corrected chi connectivity index (χ4v) is 0. The minimum atomic E-state index is -0.241. The molecular formula is C7H14N2O. The smallest absolute Gasteiger partial charge is 0.219 e. The monoisotopic (exact) mass is 142 g/mol. The number of nitriles is 1. The normalized spacial score (nSPS) is 7.50. The Morgan fingerprint density at radius 2 is 1.90 bits per heavy atom. The van der Waals surface area contributed by atoms with Crippen LogP contribution in [-0.4, -0.2) is 5.91 Å². The van der Waals surface area contributed by atoms with E-state index in [2.05, 4.69) is 0 Å². The average Bonchev–Trinajstić information content (AvgIpc) is 1.89. The minimum absolute atomic E-state index is 0.00926. The maximum Gasteiger partial charge on any atom is 0.219 e. The first kappa shape index (κ1) is 11.7. The van der Waals surface area contributed by atoms with Gasteiger partial charge >= 0.3 is 0 Å². The van der Waals surface area contributed by atoms with Crippen molar-refractivity contribution in [3.8, 4) is 6.07 Å². The molecule has 0 aromatic carbocycles. The quantitative estimate of drug-likeness (QED) is 0.594. The molecule has 0 saturated heterocycles. The van der Waals surface area contributed by atoms with Gasteiger partial charge in [0.25, 0.3) is 0 Å². The third kappa shape index (κ3) is 15.8. The molecule has 58 valence electrons. The van der Waals surface area contributed by atoms with Crippen molar-refractivity contribution in [1.29, 1.82) is 5.26 Å². The van der Waals surface area contributed by atoms with E-state index in [4.69, 9.17) is 11.0 Å². The Hall–Kier alpha value is -1.04. The second kappa shape index (κ2) is 7.96. The minimum Gasteiger partial charge on any atom is -0.369 e. The van der Waals surface area contributed by atoms with Crippen LogP contribution in [0.3, 0.4) is 0 Å². The predicted octanol–water partition coefficient (Wildman–Crippen LogP) is 1.05. The Morgan fingerprint density at radius 1 is 1.70 bits per heavy atom. The van der Waals surface area contributed by atoms with Gasteiger partial charge < -0.3 is 5.73 Å². The van der Waals surface area contributed by atoms with E-state index in [0.717, 1.165) is 0 Å². The van der Waals surface area contributed by atoms with Crippen molar-refractivity contribution in [1.82, 2.24) is 0 Å². The van der Waals surface area contributed by atoms with Gasteiger partial charge in [0.05, 0.1) is 6.07 Å². The molecule has 0 bridgehead atoms. The molecule has 0 heterocycles. The summed E-state index contributed by atoms with van der Waals surface area (Å²) >= 11 is 0. The average molecular weight is 142 g/mol. The van der Waals surface area contributed by atoms with Crippen molar-refractivity contribution in [3.63, 3.8) is 0 Å². The summed E-state index contributed by atoms with van der Waals surface area (Å²) in [5.74, 6) is -0.250. The standard InChI is InChI=1S/C4H9NO.C3H5N/c1-3(2)4(5)6;1-2-3-4/h3H,1-2H3,(H2,5,6);2H2,1H3. The lowest BCUT2D eigenvalue weighted by molar-refractivity contribution is -0.120.